The van der Waals surface area contributed by atoms with Crippen molar-refractivity contribution in [3.05, 3.63) is 0 Å². The van der Waals surface area contributed by atoms with E-state index in [1.165, 1.54) is 4.31 Å². The summed E-state index contributed by atoms with van der Waals surface area (Å²) in [6, 6.07) is 0. The van der Waals surface area contributed by atoms with Gasteiger partial charge in [-0.15, -0.1) is 0 Å². The van der Waals surface area contributed by atoms with E-state index in [-0.39, 0.29) is 5.92 Å². The maximum atomic E-state index is 12.2. The van der Waals surface area contributed by atoms with Crippen molar-refractivity contribution in [2.45, 2.75) is 44.8 Å². The van der Waals surface area contributed by atoms with Crippen molar-refractivity contribution in [1.29, 1.82) is 0 Å². The third kappa shape index (κ3) is 3.19. The van der Waals surface area contributed by atoms with E-state index in [4.69, 9.17) is 5.11 Å². The van der Waals surface area contributed by atoms with Crippen LogP contribution in [0.5, 0.6) is 0 Å². The minimum Gasteiger partial charge on any atom is -0.481 e. The Hall–Kier alpha value is -0.620. The molecule has 1 fully saturated rings. The van der Waals surface area contributed by atoms with Crippen LogP contribution in [0.4, 0.5) is 0 Å². The van der Waals surface area contributed by atoms with Gasteiger partial charge in [-0.05, 0) is 25.7 Å². The molecule has 0 saturated heterocycles. The number of nitrogens with zero attached hydrogens (tertiary/aromatic N) is 1. The molecule has 0 aromatic rings. The van der Waals surface area contributed by atoms with E-state index < -0.39 is 21.2 Å². The number of hydrogen-bond donors (Lipinski definition) is 1. The molecular weight excluding hydrogens is 242 g/mol. The Balaban J connectivity index is 2.67. The minimum absolute atomic E-state index is 0.363. The third-order valence-corrected chi connectivity index (χ3v) is 6.06. The first-order valence-electron chi connectivity index (χ1n) is 6.15. The van der Waals surface area contributed by atoms with Gasteiger partial charge in [0.25, 0.3) is 0 Å². The molecule has 1 N–H and O–H groups in total. The van der Waals surface area contributed by atoms with Crippen LogP contribution in [0.1, 0.15) is 39.5 Å². The first-order chi connectivity index (χ1) is 7.93. The quantitative estimate of drug-likeness (QED) is 0.811. The minimum atomic E-state index is -3.23. The van der Waals surface area contributed by atoms with Gasteiger partial charge in [0.1, 0.15) is 0 Å². The molecule has 1 rings (SSSR count). The zero-order valence-electron chi connectivity index (χ0n) is 10.4. The first kappa shape index (κ1) is 14.4. The van der Waals surface area contributed by atoms with E-state index in [0.717, 1.165) is 0 Å². The smallest absolute Gasteiger partial charge is 0.306 e. The molecule has 0 spiro atoms. The normalized spacial score (nSPS) is 26.1. The Morgan fingerprint density at radius 3 is 2.00 bits per heavy atom. The van der Waals surface area contributed by atoms with E-state index in [2.05, 4.69) is 0 Å². The lowest BCUT2D eigenvalue weighted by atomic mass is 9.89. The van der Waals surface area contributed by atoms with Crippen molar-refractivity contribution < 1.29 is 18.3 Å². The van der Waals surface area contributed by atoms with Gasteiger partial charge in [0, 0.05) is 13.1 Å². The molecule has 1 aliphatic rings. The highest BCUT2D eigenvalue weighted by atomic mass is 32.2. The van der Waals surface area contributed by atoms with E-state index in [1.54, 1.807) is 0 Å². The van der Waals surface area contributed by atoms with Crippen LogP contribution in [0, 0.1) is 5.92 Å². The van der Waals surface area contributed by atoms with E-state index in [0.29, 0.717) is 38.8 Å². The van der Waals surface area contributed by atoms with Gasteiger partial charge in [0.15, 0.2) is 0 Å². The molecule has 1 saturated carbocycles. The number of sulfonamides is 1. The number of rotatable bonds is 5. The molecule has 0 aliphatic heterocycles. The monoisotopic (exact) mass is 263 g/mol. The second kappa shape index (κ2) is 5.82. The Labute approximate surface area is 103 Å². The fourth-order valence-corrected chi connectivity index (χ4v) is 4.41. The van der Waals surface area contributed by atoms with Gasteiger partial charge in [-0.1, -0.05) is 13.8 Å². The van der Waals surface area contributed by atoms with Crippen molar-refractivity contribution >= 4 is 16.0 Å². The van der Waals surface area contributed by atoms with Gasteiger partial charge in [-0.3, -0.25) is 4.79 Å². The number of hydrogen-bond acceptors (Lipinski definition) is 3. The molecule has 5 nitrogen and oxygen atoms in total. The second-order valence-corrected chi connectivity index (χ2v) is 6.65. The van der Waals surface area contributed by atoms with Crippen LogP contribution in [0.2, 0.25) is 0 Å². The molecule has 0 aromatic carbocycles. The zero-order chi connectivity index (χ0) is 13.1. The number of carboxylic acids is 1. The van der Waals surface area contributed by atoms with Crippen LogP contribution in [-0.2, 0) is 14.8 Å². The molecule has 17 heavy (non-hydrogen) atoms. The van der Waals surface area contributed by atoms with Gasteiger partial charge in [0.2, 0.25) is 10.0 Å². The molecular formula is C11H21NO4S. The fraction of sp³-hybridized carbons (Fsp3) is 0.909. The van der Waals surface area contributed by atoms with Gasteiger partial charge in [0.05, 0.1) is 11.2 Å². The van der Waals surface area contributed by atoms with Crippen LogP contribution in [-0.4, -0.2) is 42.1 Å². The molecule has 0 radical (unpaired) electrons. The summed E-state index contributed by atoms with van der Waals surface area (Å²) < 4.78 is 25.9. The summed E-state index contributed by atoms with van der Waals surface area (Å²) in [6.45, 7) is 4.61. The summed E-state index contributed by atoms with van der Waals surface area (Å²) in [5, 5.41) is 8.48. The highest BCUT2D eigenvalue weighted by Crippen LogP contribution is 2.30. The Kier molecular flexibility index (Phi) is 4.94. The van der Waals surface area contributed by atoms with Crippen LogP contribution < -0.4 is 0 Å². The van der Waals surface area contributed by atoms with Crippen molar-refractivity contribution in [2.75, 3.05) is 13.1 Å². The molecule has 100 valence electrons. The molecule has 0 heterocycles. The predicted octanol–water partition coefficient (Wildman–Crippen LogP) is 1.30. The van der Waals surface area contributed by atoms with E-state index >= 15 is 0 Å². The van der Waals surface area contributed by atoms with Crippen LogP contribution in [0.15, 0.2) is 0 Å². The fourth-order valence-electron chi connectivity index (χ4n) is 2.40. The number of carboxylic acid groups (broad SMARTS) is 1. The van der Waals surface area contributed by atoms with Gasteiger partial charge in [-0.2, -0.15) is 0 Å². The van der Waals surface area contributed by atoms with Crippen molar-refractivity contribution in [3.63, 3.8) is 0 Å². The number of aliphatic carboxylic acids is 1. The molecule has 0 bridgehead atoms. The van der Waals surface area contributed by atoms with Gasteiger partial charge < -0.3 is 5.11 Å². The van der Waals surface area contributed by atoms with Crippen molar-refractivity contribution in [2.24, 2.45) is 5.92 Å². The Bertz CT molecular complexity index is 354. The molecule has 0 aromatic heterocycles. The summed E-state index contributed by atoms with van der Waals surface area (Å²) in [5.41, 5.74) is 0. The lowest BCUT2D eigenvalue weighted by Gasteiger charge is -2.30. The molecule has 6 heteroatoms. The molecule has 0 atom stereocenters. The zero-order valence-corrected chi connectivity index (χ0v) is 11.2. The average Bonchev–Trinajstić information content (AvgIpc) is 2.30. The standard InChI is InChI=1S/C11H21NO4S/c1-3-12(4-2)17(15,16)10-7-5-9(6-8-10)11(13)14/h9-10H,3-8H2,1-2H3,(H,13,14). The summed E-state index contributed by atoms with van der Waals surface area (Å²) in [7, 11) is -3.23. The highest BCUT2D eigenvalue weighted by Gasteiger charge is 2.35. The maximum absolute atomic E-state index is 12.2. The van der Waals surface area contributed by atoms with Gasteiger partial charge >= 0.3 is 5.97 Å². The third-order valence-electron chi connectivity index (χ3n) is 3.51. The molecule has 0 amide bonds. The summed E-state index contributed by atoms with van der Waals surface area (Å²) >= 11 is 0. The van der Waals surface area contributed by atoms with Crippen molar-refractivity contribution in [1.82, 2.24) is 4.31 Å². The van der Waals surface area contributed by atoms with Gasteiger partial charge in [-0.25, -0.2) is 12.7 Å². The number of carbonyl (C=O) groups is 1. The van der Waals surface area contributed by atoms with Crippen LogP contribution >= 0.6 is 0 Å². The second-order valence-electron chi connectivity index (χ2n) is 4.44. The SMILES string of the molecule is CCN(CC)S(=O)(=O)C1CCC(C(=O)O)CC1. The highest BCUT2D eigenvalue weighted by molar-refractivity contribution is 7.89. The summed E-state index contributed by atoms with van der Waals surface area (Å²) in [5.74, 6) is -1.16. The topological polar surface area (TPSA) is 74.7 Å². The predicted molar refractivity (Wildman–Crippen MR) is 65.2 cm³/mol. The lowest BCUT2D eigenvalue weighted by Crippen LogP contribution is -2.40. The van der Waals surface area contributed by atoms with Crippen molar-refractivity contribution in [3.8, 4) is 0 Å². The Morgan fingerprint density at radius 1 is 1.18 bits per heavy atom. The molecule has 1 aliphatic carbocycles. The molecule has 0 unspecified atom stereocenters. The summed E-state index contributed by atoms with van der Waals surface area (Å²) in [6.07, 6.45) is 1.88. The van der Waals surface area contributed by atoms with Crippen LogP contribution in [0.25, 0.3) is 0 Å². The summed E-state index contributed by atoms with van der Waals surface area (Å²) in [4.78, 5) is 10.8. The lowest BCUT2D eigenvalue weighted by molar-refractivity contribution is -0.142. The maximum Gasteiger partial charge on any atom is 0.306 e. The first-order valence-corrected chi connectivity index (χ1v) is 7.65. The van der Waals surface area contributed by atoms with Crippen LogP contribution in [0.3, 0.4) is 0 Å². The largest absolute Gasteiger partial charge is 0.481 e. The van der Waals surface area contributed by atoms with E-state index in [1.807, 2.05) is 13.8 Å². The average molecular weight is 263 g/mol. The van der Waals surface area contributed by atoms with E-state index in [9.17, 15) is 13.2 Å². The Morgan fingerprint density at radius 2 is 1.65 bits per heavy atom.